The van der Waals surface area contributed by atoms with E-state index in [1.165, 1.54) is 0 Å². The van der Waals surface area contributed by atoms with E-state index in [9.17, 15) is 0 Å². The molecule has 0 nitrogen and oxygen atoms in total. The molecule has 0 aliphatic carbocycles. The molecule has 44 valence electrons. The van der Waals surface area contributed by atoms with Gasteiger partial charge in [0.25, 0.3) is 0 Å². The molecule has 4 radical (unpaired) electrons. The molecule has 0 aliphatic rings. The van der Waals surface area contributed by atoms with Crippen LogP contribution in [0.25, 0.3) is 0 Å². The van der Waals surface area contributed by atoms with Gasteiger partial charge in [-0.05, 0) is 0 Å². The fourth-order valence-corrected chi connectivity index (χ4v) is 0. The van der Waals surface area contributed by atoms with E-state index in [1.807, 2.05) is 0 Å². The number of hydrogen-bond donors (Lipinski definition) is 0. The summed E-state index contributed by atoms with van der Waals surface area (Å²) in [7, 11) is 0. The summed E-state index contributed by atoms with van der Waals surface area (Å²) in [6.45, 7) is 0. The number of rotatable bonds is 0. The molecule has 0 aromatic heterocycles. The van der Waals surface area contributed by atoms with Crippen molar-refractivity contribution in [1.82, 2.24) is 0 Å². The van der Waals surface area contributed by atoms with E-state index in [0.717, 1.165) is 0 Å². The predicted octanol–water partition coefficient (Wildman–Crippen LogP) is -0.0200. The maximum absolute atomic E-state index is 0. The summed E-state index contributed by atoms with van der Waals surface area (Å²) in [4.78, 5) is 0. The molecule has 9 heavy (non-hydrogen) atoms. The van der Waals surface area contributed by atoms with E-state index in [2.05, 4.69) is 0 Å². The minimum absolute atomic E-state index is 0. The average molecular weight is 1020 g/mol. The van der Waals surface area contributed by atoms with Crippen molar-refractivity contribution >= 4 is 0 Å². The normalized spacial score (nSPS) is 0. The third kappa shape index (κ3) is 52.6. The van der Waals surface area contributed by atoms with Crippen molar-refractivity contribution in [2.24, 2.45) is 0 Å². The number of hydrogen-bond acceptors (Lipinski definition) is 0. The van der Waals surface area contributed by atoms with Crippen LogP contribution in [0.4, 0.5) is 0 Å². The van der Waals surface area contributed by atoms with Crippen molar-refractivity contribution in [3.63, 3.8) is 0 Å². The Balaban J connectivity index is 0. The van der Waals surface area contributed by atoms with Gasteiger partial charge in [-0.25, -0.2) is 0 Å². The van der Waals surface area contributed by atoms with E-state index >= 15 is 0 Å². The Hall–Kier alpha value is 6.75. The Kier molecular flexibility index (Phi) is 511. The van der Waals surface area contributed by atoms with E-state index in [1.54, 1.807) is 0 Å². The molecule has 0 spiro atoms. The third-order valence-electron chi connectivity index (χ3n) is 0. The first-order valence-electron chi connectivity index (χ1n) is 0. The second-order valence-electron chi connectivity index (χ2n) is 0. The van der Waals surface area contributed by atoms with Crippen molar-refractivity contribution in [2.75, 3.05) is 0 Å². The van der Waals surface area contributed by atoms with Gasteiger partial charge in [-0.15, -0.1) is 0 Å². The Morgan fingerprint density at radius 3 is 1.00 bits per heavy atom. The molecular weight excluding hydrogens is 1020 g/mol. The molecule has 0 amide bonds. The van der Waals surface area contributed by atoms with Crippen LogP contribution < -0.4 is 0 Å². The van der Waals surface area contributed by atoms with E-state index < -0.39 is 0 Å². The van der Waals surface area contributed by atoms with E-state index in [0.29, 0.717) is 0 Å². The van der Waals surface area contributed by atoms with Gasteiger partial charge in [-0.1, -0.05) is 0 Å². The van der Waals surface area contributed by atoms with Gasteiger partial charge in [0.15, 0.2) is 0 Å². The molecule has 0 unspecified atom stereocenters. The maximum Gasteiger partial charge on any atom is 0 e. The van der Waals surface area contributed by atoms with Crippen molar-refractivity contribution in [1.29, 1.82) is 0 Å². The molecule has 0 aromatic rings. The van der Waals surface area contributed by atoms with Crippen LogP contribution in [0, 0.1) is 35.6 Å². The molecule has 0 heterocycles. The van der Waals surface area contributed by atoms with Crippen molar-refractivity contribution in [2.45, 2.75) is 0 Å². The molecular formula is CrHfLaMoNbTaTiVW. The quantitative estimate of drug-likeness (QED) is 0.300. The van der Waals surface area contributed by atoms with Crippen molar-refractivity contribution in [3.8, 4) is 0 Å². The van der Waals surface area contributed by atoms with Crippen LogP contribution in [-0.2, 0) is 170 Å². The van der Waals surface area contributed by atoms with Crippen molar-refractivity contribution in [3.05, 3.63) is 0 Å². The van der Waals surface area contributed by atoms with E-state index in [-0.39, 0.29) is 206 Å². The van der Waals surface area contributed by atoms with Gasteiger partial charge in [0.2, 0.25) is 0 Å². The van der Waals surface area contributed by atoms with Gasteiger partial charge < -0.3 is 0 Å². The Morgan fingerprint density at radius 1 is 1.00 bits per heavy atom. The molecule has 0 saturated carbocycles. The zero-order chi connectivity index (χ0) is 0. The Labute approximate surface area is 200 Å². The minimum Gasteiger partial charge on any atom is 0 e. The minimum atomic E-state index is 0. The third-order valence-corrected chi connectivity index (χ3v) is 0. The topological polar surface area (TPSA) is 0 Å². The smallest absolute Gasteiger partial charge is 0 e. The molecule has 0 fully saturated rings. The summed E-state index contributed by atoms with van der Waals surface area (Å²) in [6, 6.07) is 0. The second kappa shape index (κ2) is 61.2. The maximum atomic E-state index is 0. The fraction of sp³-hybridized carbons (Fsp3) is 0. The molecule has 0 aromatic carbocycles. The van der Waals surface area contributed by atoms with Crippen LogP contribution in [0.3, 0.4) is 0 Å². The van der Waals surface area contributed by atoms with Gasteiger partial charge in [-0.3, -0.25) is 0 Å². The predicted molar refractivity (Wildman–Crippen MR) is 0 cm³/mol. The largest absolute Gasteiger partial charge is 0 e. The first-order valence-corrected chi connectivity index (χ1v) is 0. The van der Waals surface area contributed by atoms with E-state index in [4.69, 9.17) is 0 Å². The summed E-state index contributed by atoms with van der Waals surface area (Å²) in [5, 5.41) is 0. The van der Waals surface area contributed by atoms with Gasteiger partial charge in [0, 0.05) is 206 Å². The molecule has 0 atom stereocenters. The SMILES string of the molecule is [Cr].[Hf].[La].[Mo].[Nb].[Ta].[Ti].[V].[W]. The standard InChI is InChI=1S/Cr.Hf.La.Mo.Nb.Ta.Ti.V.W. The first-order chi connectivity index (χ1) is 0. The van der Waals surface area contributed by atoms with Gasteiger partial charge in [-0.2, -0.15) is 0 Å². The fourth-order valence-electron chi connectivity index (χ4n) is 0. The monoisotopic (exact) mass is 1030 g/mol. The molecule has 0 saturated heterocycles. The molecule has 9 heteroatoms. The van der Waals surface area contributed by atoms with Crippen LogP contribution in [0.15, 0.2) is 0 Å². The van der Waals surface area contributed by atoms with Gasteiger partial charge >= 0.3 is 0 Å². The van der Waals surface area contributed by atoms with Crippen LogP contribution in [0.5, 0.6) is 0 Å². The van der Waals surface area contributed by atoms with Crippen LogP contribution in [-0.4, -0.2) is 0 Å². The van der Waals surface area contributed by atoms with Crippen LogP contribution in [0.1, 0.15) is 0 Å². The molecule has 0 N–H and O–H groups in total. The Bertz CT molecular complexity index is 28.5. The second-order valence-corrected chi connectivity index (χ2v) is 0. The average Bonchev–Trinajstić information content (AvgIpc) is 0. The van der Waals surface area contributed by atoms with Crippen LogP contribution in [0.2, 0.25) is 0 Å². The molecule has 0 bridgehead atoms. The van der Waals surface area contributed by atoms with Crippen molar-refractivity contribution < 1.29 is 206 Å². The van der Waals surface area contributed by atoms with Crippen LogP contribution >= 0.6 is 0 Å². The summed E-state index contributed by atoms with van der Waals surface area (Å²) >= 11 is 0. The van der Waals surface area contributed by atoms with Gasteiger partial charge in [0.05, 0.1) is 0 Å². The summed E-state index contributed by atoms with van der Waals surface area (Å²) in [5.74, 6) is 0. The summed E-state index contributed by atoms with van der Waals surface area (Å²) in [5.41, 5.74) is 0. The Morgan fingerprint density at radius 2 is 1.00 bits per heavy atom. The molecule has 0 aliphatic heterocycles. The first kappa shape index (κ1) is 75.2. The van der Waals surface area contributed by atoms with Gasteiger partial charge in [0.1, 0.15) is 0 Å². The zero-order valence-corrected chi connectivity index (χ0v) is 25.9. The summed E-state index contributed by atoms with van der Waals surface area (Å²) in [6.07, 6.45) is 0. The summed E-state index contributed by atoms with van der Waals surface area (Å²) < 4.78 is 0. The zero-order valence-electron chi connectivity index (χ0n) is 4.14. The molecule has 0 rings (SSSR count).